The average molecular weight is 974 g/mol. The van der Waals surface area contributed by atoms with Gasteiger partial charge in [-0.2, -0.15) is 0 Å². The van der Waals surface area contributed by atoms with Gasteiger partial charge < -0.3 is 14.2 Å². The van der Waals surface area contributed by atoms with Crippen LogP contribution in [0.1, 0.15) is 355 Å². The van der Waals surface area contributed by atoms with Gasteiger partial charge in [-0.3, -0.25) is 14.4 Å². The minimum absolute atomic E-state index is 0.0671. The van der Waals surface area contributed by atoms with Crippen LogP contribution in [0.25, 0.3) is 0 Å². The van der Waals surface area contributed by atoms with Gasteiger partial charge >= 0.3 is 17.9 Å². The van der Waals surface area contributed by atoms with Crippen molar-refractivity contribution in [1.82, 2.24) is 0 Å². The molecule has 69 heavy (non-hydrogen) atoms. The van der Waals surface area contributed by atoms with Gasteiger partial charge in [-0.1, -0.05) is 303 Å². The highest BCUT2D eigenvalue weighted by atomic mass is 16.6. The summed E-state index contributed by atoms with van der Waals surface area (Å²) in [4.78, 5) is 38.2. The molecule has 0 bridgehead atoms. The van der Waals surface area contributed by atoms with E-state index in [4.69, 9.17) is 14.2 Å². The summed E-state index contributed by atoms with van der Waals surface area (Å²) in [5.74, 6) is -0.847. The summed E-state index contributed by atoms with van der Waals surface area (Å²) in [6.45, 7) is 6.69. The zero-order valence-electron chi connectivity index (χ0n) is 46.9. The maximum absolute atomic E-state index is 12.9. The molecule has 0 saturated heterocycles. The molecule has 0 aliphatic carbocycles. The second-order valence-electron chi connectivity index (χ2n) is 21.3. The number of carbonyl (C=O) groups is 3. The number of esters is 3. The Labute approximate surface area is 431 Å². The zero-order chi connectivity index (χ0) is 50.0. The number of hydrogen-bond donors (Lipinski definition) is 0. The third-order valence-corrected chi connectivity index (χ3v) is 14.3. The van der Waals surface area contributed by atoms with Gasteiger partial charge in [0.15, 0.2) is 6.10 Å². The van der Waals surface area contributed by atoms with E-state index in [-0.39, 0.29) is 31.1 Å². The Balaban J connectivity index is 4.25. The predicted octanol–water partition coefficient (Wildman–Crippen LogP) is 20.9. The van der Waals surface area contributed by atoms with Crippen molar-refractivity contribution in [3.05, 3.63) is 12.2 Å². The molecule has 0 N–H and O–H groups in total. The molecule has 0 aromatic rings. The first kappa shape index (κ1) is 67.1. The third kappa shape index (κ3) is 56.9. The standard InChI is InChI=1S/C63H120O6/c1-4-7-10-13-16-19-22-25-27-29-30-31-32-34-36-39-41-44-47-50-53-56-62(65)68-59-60(69-63(66)57-54-51-48-45-42-37-24-21-18-15-12-9-6-3)58-67-61(64)55-52-49-46-43-40-38-35-33-28-26-23-20-17-14-11-8-5-2/h21,24,60H,4-20,22-23,25-59H2,1-3H3/b24-21-. The van der Waals surface area contributed by atoms with Crippen LogP contribution >= 0.6 is 0 Å². The van der Waals surface area contributed by atoms with Crippen molar-refractivity contribution < 1.29 is 28.6 Å². The number of rotatable bonds is 58. The van der Waals surface area contributed by atoms with Crippen LogP contribution in [0, 0.1) is 0 Å². The van der Waals surface area contributed by atoms with Crippen molar-refractivity contribution in [2.24, 2.45) is 0 Å². The summed E-state index contributed by atoms with van der Waals surface area (Å²) < 4.78 is 16.9. The van der Waals surface area contributed by atoms with Crippen molar-refractivity contribution in [2.75, 3.05) is 13.2 Å². The molecule has 0 heterocycles. The molecule has 0 amide bonds. The topological polar surface area (TPSA) is 78.9 Å². The van der Waals surface area contributed by atoms with Crippen molar-refractivity contribution in [3.8, 4) is 0 Å². The van der Waals surface area contributed by atoms with Crippen LogP contribution in [-0.4, -0.2) is 37.2 Å². The van der Waals surface area contributed by atoms with Crippen LogP contribution in [0.3, 0.4) is 0 Å². The SMILES string of the molecule is CCCCCC/C=C\CCCCCCCC(=O)OC(COC(=O)CCCCCCCCCCCCCCCCCCC)COC(=O)CCCCCCCCCCCCCCCCCCCCCCC. The zero-order valence-corrected chi connectivity index (χ0v) is 46.9. The maximum atomic E-state index is 12.9. The highest BCUT2D eigenvalue weighted by Gasteiger charge is 2.19. The average Bonchev–Trinajstić information content (AvgIpc) is 3.35. The normalized spacial score (nSPS) is 12.0. The fourth-order valence-electron chi connectivity index (χ4n) is 9.56. The first-order chi connectivity index (χ1) is 34.0. The van der Waals surface area contributed by atoms with Crippen molar-refractivity contribution in [3.63, 3.8) is 0 Å². The molecule has 1 unspecified atom stereocenters. The minimum atomic E-state index is -0.769. The highest BCUT2D eigenvalue weighted by molar-refractivity contribution is 5.71. The molecule has 0 radical (unpaired) electrons. The molecule has 0 aromatic heterocycles. The van der Waals surface area contributed by atoms with E-state index < -0.39 is 6.10 Å². The van der Waals surface area contributed by atoms with Gasteiger partial charge in [0.05, 0.1) is 0 Å². The van der Waals surface area contributed by atoms with E-state index in [0.29, 0.717) is 19.3 Å². The van der Waals surface area contributed by atoms with Crippen LogP contribution in [0.4, 0.5) is 0 Å². The van der Waals surface area contributed by atoms with Crippen LogP contribution in [0.5, 0.6) is 0 Å². The van der Waals surface area contributed by atoms with Gasteiger partial charge in [-0.25, -0.2) is 0 Å². The van der Waals surface area contributed by atoms with Crippen LogP contribution < -0.4 is 0 Å². The Hall–Kier alpha value is -1.85. The first-order valence-electron chi connectivity index (χ1n) is 31.2. The van der Waals surface area contributed by atoms with Crippen LogP contribution in [0.15, 0.2) is 12.2 Å². The Morgan fingerprint density at radius 3 is 0.739 bits per heavy atom. The second kappa shape index (κ2) is 58.7. The van der Waals surface area contributed by atoms with Crippen LogP contribution in [0.2, 0.25) is 0 Å². The van der Waals surface area contributed by atoms with Gasteiger partial charge in [0.2, 0.25) is 0 Å². The molecule has 408 valence electrons. The summed E-state index contributed by atoms with van der Waals surface area (Å²) in [6.07, 6.45) is 67.9. The van der Waals surface area contributed by atoms with E-state index in [1.54, 1.807) is 0 Å². The fraction of sp³-hybridized carbons (Fsp3) is 0.921. The quantitative estimate of drug-likeness (QED) is 0.0261. The fourth-order valence-corrected chi connectivity index (χ4v) is 9.56. The van der Waals surface area contributed by atoms with Crippen LogP contribution in [-0.2, 0) is 28.6 Å². The first-order valence-corrected chi connectivity index (χ1v) is 31.2. The number of allylic oxidation sites excluding steroid dienone is 2. The van der Waals surface area contributed by atoms with Crippen molar-refractivity contribution in [1.29, 1.82) is 0 Å². The second-order valence-corrected chi connectivity index (χ2v) is 21.3. The lowest BCUT2D eigenvalue weighted by molar-refractivity contribution is -0.167. The molecule has 6 nitrogen and oxygen atoms in total. The van der Waals surface area contributed by atoms with E-state index in [1.807, 2.05) is 0 Å². The molecule has 0 spiro atoms. The molecule has 0 rings (SSSR count). The molecular weight excluding hydrogens is 853 g/mol. The monoisotopic (exact) mass is 973 g/mol. The number of unbranched alkanes of at least 4 members (excludes halogenated alkanes) is 45. The maximum Gasteiger partial charge on any atom is 0.306 e. The summed E-state index contributed by atoms with van der Waals surface area (Å²) in [6, 6.07) is 0. The van der Waals surface area contributed by atoms with Gasteiger partial charge in [0.1, 0.15) is 13.2 Å². The Kier molecular flexibility index (Phi) is 57.1. The lowest BCUT2D eigenvalue weighted by Crippen LogP contribution is -2.30. The summed E-state index contributed by atoms with van der Waals surface area (Å²) in [5, 5.41) is 0. The molecule has 0 aromatic carbocycles. The molecule has 0 fully saturated rings. The summed E-state index contributed by atoms with van der Waals surface area (Å²) >= 11 is 0. The van der Waals surface area contributed by atoms with Crippen molar-refractivity contribution >= 4 is 17.9 Å². The van der Waals surface area contributed by atoms with Gasteiger partial charge in [-0.05, 0) is 44.9 Å². The predicted molar refractivity (Wildman–Crippen MR) is 298 cm³/mol. The van der Waals surface area contributed by atoms with E-state index in [0.717, 1.165) is 64.2 Å². The van der Waals surface area contributed by atoms with Crippen molar-refractivity contribution in [2.45, 2.75) is 361 Å². The minimum Gasteiger partial charge on any atom is -0.462 e. The Morgan fingerprint density at radius 2 is 0.478 bits per heavy atom. The largest absolute Gasteiger partial charge is 0.462 e. The van der Waals surface area contributed by atoms with Gasteiger partial charge in [-0.15, -0.1) is 0 Å². The molecule has 6 heteroatoms. The molecule has 0 aliphatic rings. The third-order valence-electron chi connectivity index (χ3n) is 14.3. The van der Waals surface area contributed by atoms with E-state index in [1.165, 1.54) is 250 Å². The Morgan fingerprint density at radius 1 is 0.275 bits per heavy atom. The van der Waals surface area contributed by atoms with E-state index in [9.17, 15) is 14.4 Å². The van der Waals surface area contributed by atoms with Gasteiger partial charge in [0.25, 0.3) is 0 Å². The Bertz CT molecular complexity index is 1070. The smallest absolute Gasteiger partial charge is 0.306 e. The number of carbonyl (C=O) groups excluding carboxylic acids is 3. The lowest BCUT2D eigenvalue weighted by Gasteiger charge is -2.18. The summed E-state index contributed by atoms with van der Waals surface area (Å²) in [5.41, 5.74) is 0. The molecule has 0 saturated carbocycles. The molecule has 1 atom stereocenters. The van der Waals surface area contributed by atoms with Gasteiger partial charge in [0, 0.05) is 19.3 Å². The highest BCUT2D eigenvalue weighted by Crippen LogP contribution is 2.18. The van der Waals surface area contributed by atoms with E-state index >= 15 is 0 Å². The lowest BCUT2D eigenvalue weighted by atomic mass is 10.0. The van der Waals surface area contributed by atoms with E-state index in [2.05, 4.69) is 32.9 Å². The summed E-state index contributed by atoms with van der Waals surface area (Å²) in [7, 11) is 0. The number of hydrogen-bond acceptors (Lipinski definition) is 6. The molecule has 0 aliphatic heterocycles. The molecular formula is C63H120O6. The number of ether oxygens (including phenoxy) is 3.